The number of carbonyl (C=O) groups is 1. The molecule has 0 bridgehead atoms. The first kappa shape index (κ1) is 15.6. The van der Waals surface area contributed by atoms with Crippen LogP contribution in [-0.2, 0) is 9.53 Å². The third-order valence-corrected chi connectivity index (χ3v) is 4.52. The highest BCUT2D eigenvalue weighted by Crippen LogP contribution is 2.36. The molecule has 4 aromatic carbocycles. The molecule has 0 unspecified atom stereocenters. The van der Waals surface area contributed by atoms with E-state index in [2.05, 4.69) is 54.6 Å². The van der Waals surface area contributed by atoms with Gasteiger partial charge in [0.05, 0.1) is 6.61 Å². The fraction of sp³-hybridized carbons (Fsp3) is 0.174. The lowest BCUT2D eigenvalue weighted by Crippen LogP contribution is -2.06. The molecule has 0 radical (unpaired) electrons. The number of hydrogen-bond donors (Lipinski definition) is 0. The van der Waals surface area contributed by atoms with E-state index in [0.29, 0.717) is 12.5 Å². The number of rotatable bonds is 4. The van der Waals surface area contributed by atoms with E-state index in [1.165, 1.54) is 33.0 Å². The number of esters is 1. The van der Waals surface area contributed by atoms with Crippen LogP contribution in [0.1, 0.15) is 19.4 Å². The normalized spacial score (nSPS) is 12.1. The second-order valence-corrected chi connectivity index (χ2v) is 6.87. The van der Waals surface area contributed by atoms with Crippen molar-refractivity contribution in [2.45, 2.75) is 13.8 Å². The molecule has 0 aliphatic rings. The maximum absolute atomic E-state index is 11.9. The van der Waals surface area contributed by atoms with Crippen LogP contribution >= 0.6 is 0 Å². The van der Waals surface area contributed by atoms with Gasteiger partial charge < -0.3 is 4.74 Å². The fourth-order valence-corrected chi connectivity index (χ4v) is 3.36. The minimum Gasteiger partial charge on any atom is -0.462 e. The van der Waals surface area contributed by atoms with Gasteiger partial charge in [-0.2, -0.15) is 0 Å². The first-order valence-electron chi connectivity index (χ1n) is 8.65. The molecule has 0 aromatic heterocycles. The van der Waals surface area contributed by atoms with Crippen LogP contribution in [0.3, 0.4) is 0 Å². The van der Waals surface area contributed by atoms with E-state index in [0.717, 1.165) is 10.9 Å². The van der Waals surface area contributed by atoms with Crippen molar-refractivity contribution in [1.82, 2.24) is 0 Å². The Labute approximate surface area is 147 Å². The van der Waals surface area contributed by atoms with Gasteiger partial charge in [0.25, 0.3) is 0 Å². The SMILES string of the molecule is CC(C)COC(=O)/C=C/c1ccc2ccc3cccc4ccc1c2c34. The highest BCUT2D eigenvalue weighted by molar-refractivity contribution is 6.24. The molecule has 2 nitrogen and oxygen atoms in total. The van der Waals surface area contributed by atoms with E-state index in [4.69, 9.17) is 4.74 Å². The Bertz CT molecular complexity index is 1070. The maximum Gasteiger partial charge on any atom is 0.330 e. The zero-order valence-corrected chi connectivity index (χ0v) is 14.5. The quantitative estimate of drug-likeness (QED) is 0.269. The molecule has 0 saturated carbocycles. The molecular weight excluding hydrogens is 308 g/mol. The van der Waals surface area contributed by atoms with E-state index in [9.17, 15) is 4.79 Å². The first-order chi connectivity index (χ1) is 12.1. The summed E-state index contributed by atoms with van der Waals surface area (Å²) in [5.74, 6) is 0.0475. The van der Waals surface area contributed by atoms with Crippen LogP contribution < -0.4 is 0 Å². The van der Waals surface area contributed by atoms with Crippen molar-refractivity contribution >= 4 is 44.4 Å². The Morgan fingerprint density at radius 1 is 0.920 bits per heavy atom. The molecule has 25 heavy (non-hydrogen) atoms. The fourth-order valence-electron chi connectivity index (χ4n) is 3.36. The van der Waals surface area contributed by atoms with Crippen LogP contribution in [-0.4, -0.2) is 12.6 Å². The number of hydrogen-bond acceptors (Lipinski definition) is 2. The third kappa shape index (κ3) is 2.85. The van der Waals surface area contributed by atoms with Gasteiger partial charge in [-0.15, -0.1) is 0 Å². The molecule has 0 amide bonds. The van der Waals surface area contributed by atoms with Gasteiger partial charge in [0.2, 0.25) is 0 Å². The molecule has 0 N–H and O–H groups in total. The summed E-state index contributed by atoms with van der Waals surface area (Å²) in [5, 5.41) is 7.41. The summed E-state index contributed by atoms with van der Waals surface area (Å²) < 4.78 is 5.22. The average molecular weight is 328 g/mol. The van der Waals surface area contributed by atoms with Crippen molar-refractivity contribution in [3.05, 3.63) is 66.2 Å². The van der Waals surface area contributed by atoms with Crippen LogP contribution in [0.4, 0.5) is 0 Å². The van der Waals surface area contributed by atoms with Gasteiger partial charge >= 0.3 is 5.97 Å². The summed E-state index contributed by atoms with van der Waals surface area (Å²) >= 11 is 0. The van der Waals surface area contributed by atoms with Crippen LogP contribution in [0, 0.1) is 5.92 Å². The molecule has 0 fully saturated rings. The number of ether oxygens (including phenoxy) is 1. The molecule has 4 rings (SSSR count). The third-order valence-electron chi connectivity index (χ3n) is 4.52. The molecule has 2 heteroatoms. The maximum atomic E-state index is 11.9. The highest BCUT2D eigenvalue weighted by atomic mass is 16.5. The molecular formula is C23H20O2. The predicted molar refractivity (Wildman–Crippen MR) is 105 cm³/mol. The summed E-state index contributed by atoms with van der Waals surface area (Å²) in [5.41, 5.74) is 1.03. The van der Waals surface area contributed by atoms with Gasteiger partial charge in [0.1, 0.15) is 0 Å². The minimum absolute atomic E-state index is 0.292. The van der Waals surface area contributed by atoms with Crippen molar-refractivity contribution in [2.75, 3.05) is 6.61 Å². The minimum atomic E-state index is -0.292. The standard InChI is InChI=1S/C23H20O2/c1-15(2)14-25-21(24)13-11-16-6-7-19-9-8-17-4-3-5-18-10-12-20(16)23(19)22(17)18/h3-13,15H,14H2,1-2H3/b13-11+. The van der Waals surface area contributed by atoms with Crippen molar-refractivity contribution in [1.29, 1.82) is 0 Å². The van der Waals surface area contributed by atoms with Crippen molar-refractivity contribution in [2.24, 2.45) is 5.92 Å². The van der Waals surface area contributed by atoms with Crippen molar-refractivity contribution < 1.29 is 9.53 Å². The number of carbonyl (C=O) groups excluding carboxylic acids is 1. The van der Waals surface area contributed by atoms with E-state index in [1.54, 1.807) is 0 Å². The lowest BCUT2D eigenvalue weighted by Gasteiger charge is -2.12. The molecule has 4 aromatic rings. The Hall–Kier alpha value is -2.87. The highest BCUT2D eigenvalue weighted by Gasteiger charge is 2.09. The predicted octanol–water partition coefficient (Wildman–Crippen LogP) is 5.80. The smallest absolute Gasteiger partial charge is 0.330 e. The van der Waals surface area contributed by atoms with Gasteiger partial charge in [-0.1, -0.05) is 68.4 Å². The van der Waals surface area contributed by atoms with Gasteiger partial charge in [0, 0.05) is 6.08 Å². The summed E-state index contributed by atoms with van der Waals surface area (Å²) in [7, 11) is 0. The molecule has 0 aliphatic heterocycles. The van der Waals surface area contributed by atoms with Gasteiger partial charge in [-0.3, -0.25) is 0 Å². The summed E-state index contributed by atoms with van der Waals surface area (Å²) in [6.45, 7) is 4.50. The van der Waals surface area contributed by atoms with E-state index in [1.807, 2.05) is 19.9 Å². The molecule has 0 aliphatic carbocycles. The van der Waals surface area contributed by atoms with Gasteiger partial charge in [-0.05, 0) is 49.9 Å². The Morgan fingerprint density at radius 3 is 2.28 bits per heavy atom. The van der Waals surface area contributed by atoms with Crippen LogP contribution in [0.2, 0.25) is 0 Å². The van der Waals surface area contributed by atoms with Gasteiger partial charge in [-0.25, -0.2) is 4.79 Å². The van der Waals surface area contributed by atoms with E-state index < -0.39 is 0 Å². The van der Waals surface area contributed by atoms with Crippen LogP contribution in [0.15, 0.2) is 60.7 Å². The summed E-state index contributed by atoms with van der Waals surface area (Å²) in [6, 6.07) is 19.2. The lowest BCUT2D eigenvalue weighted by atomic mass is 9.92. The first-order valence-corrected chi connectivity index (χ1v) is 8.65. The molecule has 124 valence electrons. The Balaban J connectivity index is 1.81. The summed E-state index contributed by atoms with van der Waals surface area (Å²) in [4.78, 5) is 11.9. The van der Waals surface area contributed by atoms with Crippen LogP contribution in [0.25, 0.3) is 38.4 Å². The van der Waals surface area contributed by atoms with Crippen LogP contribution in [0.5, 0.6) is 0 Å². The number of benzene rings is 4. The van der Waals surface area contributed by atoms with E-state index in [-0.39, 0.29) is 5.97 Å². The zero-order chi connectivity index (χ0) is 17.4. The molecule has 0 saturated heterocycles. The largest absolute Gasteiger partial charge is 0.462 e. The second kappa shape index (κ2) is 6.21. The Morgan fingerprint density at radius 2 is 1.56 bits per heavy atom. The Kier molecular flexibility index (Phi) is 3.89. The van der Waals surface area contributed by atoms with Crippen molar-refractivity contribution in [3.63, 3.8) is 0 Å². The van der Waals surface area contributed by atoms with Gasteiger partial charge in [0.15, 0.2) is 0 Å². The second-order valence-electron chi connectivity index (χ2n) is 6.87. The van der Waals surface area contributed by atoms with E-state index >= 15 is 0 Å². The van der Waals surface area contributed by atoms with Crippen molar-refractivity contribution in [3.8, 4) is 0 Å². The topological polar surface area (TPSA) is 26.3 Å². The molecule has 0 atom stereocenters. The zero-order valence-electron chi connectivity index (χ0n) is 14.5. The lowest BCUT2D eigenvalue weighted by molar-refractivity contribution is -0.138. The monoisotopic (exact) mass is 328 g/mol. The summed E-state index contributed by atoms with van der Waals surface area (Å²) in [6.07, 6.45) is 3.38. The molecule has 0 heterocycles. The average Bonchev–Trinajstić information content (AvgIpc) is 2.63. The molecule has 0 spiro atoms.